The molecular weight excluding hydrogens is 521 g/mol. The summed E-state index contributed by atoms with van der Waals surface area (Å²) in [5, 5.41) is -1.21. The largest absolute Gasteiger partial charge is 0.497 e. The van der Waals surface area contributed by atoms with Gasteiger partial charge in [0.15, 0.2) is 6.61 Å². The van der Waals surface area contributed by atoms with E-state index in [1.54, 1.807) is 0 Å². The molecule has 0 bridgehead atoms. The standard InChI is InChI=1S/C19H16ClF7N2O6/c1-28-14(19(25,26)27)6-15(30)29(17(28)32)12-5-13(10(20)4-11(12)21)34-7-9(33-2)3-16(31)35-8-18(22,23)24/h3,5-6,10H,4,7-8H2,1-2H3. The van der Waals surface area contributed by atoms with Crippen molar-refractivity contribution in [1.29, 1.82) is 0 Å². The molecule has 0 aromatic carbocycles. The predicted octanol–water partition coefficient (Wildman–Crippen LogP) is 3.25. The van der Waals surface area contributed by atoms with Crippen LogP contribution in [0.4, 0.5) is 30.7 Å². The van der Waals surface area contributed by atoms with Crippen molar-refractivity contribution in [1.82, 2.24) is 9.13 Å². The molecule has 1 heterocycles. The van der Waals surface area contributed by atoms with Gasteiger partial charge in [-0.25, -0.2) is 18.5 Å². The van der Waals surface area contributed by atoms with E-state index in [0.717, 1.165) is 20.2 Å². The van der Waals surface area contributed by atoms with Crippen molar-refractivity contribution in [2.75, 3.05) is 20.3 Å². The maximum Gasteiger partial charge on any atom is 0.431 e. The van der Waals surface area contributed by atoms with Gasteiger partial charge in [0.25, 0.3) is 5.56 Å². The zero-order chi connectivity index (χ0) is 26.7. The molecular formula is C19H16ClF7N2O6. The molecule has 0 spiro atoms. The Kier molecular flexibility index (Phi) is 8.47. The number of carbonyl (C=O) groups excluding carboxylic acids is 1. The Bertz CT molecular complexity index is 1190. The summed E-state index contributed by atoms with van der Waals surface area (Å²) in [5.74, 6) is -3.12. The normalized spacial score (nSPS) is 17.3. The molecule has 0 fully saturated rings. The topological polar surface area (TPSA) is 88.8 Å². The van der Waals surface area contributed by atoms with Crippen molar-refractivity contribution in [3.63, 3.8) is 0 Å². The first-order valence-electron chi connectivity index (χ1n) is 9.31. The maximum absolute atomic E-state index is 14.6. The van der Waals surface area contributed by atoms with Crippen LogP contribution in [0.1, 0.15) is 12.1 Å². The van der Waals surface area contributed by atoms with Crippen LogP contribution in [-0.4, -0.2) is 47.0 Å². The molecule has 0 N–H and O–H groups in total. The van der Waals surface area contributed by atoms with E-state index >= 15 is 0 Å². The molecule has 1 aromatic heterocycles. The van der Waals surface area contributed by atoms with Gasteiger partial charge >= 0.3 is 24.0 Å². The number of carbonyl (C=O) groups is 1. The van der Waals surface area contributed by atoms with Gasteiger partial charge in [-0.15, -0.1) is 11.6 Å². The Morgan fingerprint density at radius 3 is 2.40 bits per heavy atom. The van der Waals surface area contributed by atoms with E-state index in [4.69, 9.17) is 21.1 Å². The van der Waals surface area contributed by atoms with E-state index in [1.807, 2.05) is 0 Å². The molecule has 0 radical (unpaired) electrons. The number of esters is 1. The van der Waals surface area contributed by atoms with Crippen molar-refractivity contribution in [2.45, 2.75) is 24.2 Å². The summed E-state index contributed by atoms with van der Waals surface area (Å²) in [6.07, 6.45) is -9.07. The predicted molar refractivity (Wildman–Crippen MR) is 106 cm³/mol. The molecule has 1 unspecified atom stereocenters. The molecule has 2 rings (SSSR count). The van der Waals surface area contributed by atoms with Gasteiger partial charge in [-0.3, -0.25) is 9.36 Å². The highest BCUT2D eigenvalue weighted by molar-refractivity contribution is 6.22. The molecule has 0 amide bonds. The van der Waals surface area contributed by atoms with E-state index in [1.165, 1.54) is 0 Å². The molecule has 0 saturated heterocycles. The van der Waals surface area contributed by atoms with Crippen molar-refractivity contribution in [3.05, 3.63) is 62.1 Å². The number of rotatable bonds is 7. The fraction of sp³-hybridized carbons (Fsp3) is 0.421. The minimum Gasteiger partial charge on any atom is -0.497 e. The van der Waals surface area contributed by atoms with Crippen LogP contribution in [0.3, 0.4) is 0 Å². The molecule has 0 aliphatic heterocycles. The van der Waals surface area contributed by atoms with Crippen LogP contribution in [0.25, 0.3) is 5.70 Å². The lowest BCUT2D eigenvalue weighted by molar-refractivity contribution is -0.182. The van der Waals surface area contributed by atoms with Gasteiger partial charge in [0.1, 0.15) is 29.6 Å². The lowest BCUT2D eigenvalue weighted by atomic mass is 10.1. The number of alkyl halides is 7. The average molecular weight is 537 g/mol. The Balaban J connectivity index is 2.34. The molecule has 8 nitrogen and oxygen atoms in total. The van der Waals surface area contributed by atoms with Crippen LogP contribution in [0.5, 0.6) is 0 Å². The van der Waals surface area contributed by atoms with Crippen molar-refractivity contribution in [2.24, 2.45) is 7.05 Å². The van der Waals surface area contributed by atoms with Crippen molar-refractivity contribution in [3.8, 4) is 0 Å². The number of halogens is 8. The maximum atomic E-state index is 14.6. The van der Waals surface area contributed by atoms with Crippen LogP contribution in [0, 0.1) is 0 Å². The van der Waals surface area contributed by atoms with Gasteiger partial charge in [0.05, 0.1) is 24.3 Å². The first-order valence-corrected chi connectivity index (χ1v) is 9.74. The Morgan fingerprint density at radius 2 is 1.86 bits per heavy atom. The Labute approximate surface area is 196 Å². The SMILES string of the molecule is COC(=CC(=O)OCC(F)(F)F)COC1=CC(n2c(=O)cc(C(F)(F)F)n(C)c2=O)=C(F)CC1Cl. The third-order valence-electron chi connectivity index (χ3n) is 4.38. The van der Waals surface area contributed by atoms with Crippen LogP contribution in [-0.2, 0) is 32.2 Å². The molecule has 1 aliphatic rings. The number of hydrogen-bond donors (Lipinski definition) is 0. The number of hydrogen-bond acceptors (Lipinski definition) is 6. The number of ether oxygens (including phenoxy) is 3. The van der Waals surface area contributed by atoms with E-state index in [2.05, 4.69) is 4.74 Å². The second-order valence-electron chi connectivity index (χ2n) is 6.88. The Morgan fingerprint density at radius 1 is 1.23 bits per heavy atom. The minimum absolute atomic E-state index is 0.112. The molecule has 0 saturated carbocycles. The first kappa shape index (κ1) is 28.0. The van der Waals surface area contributed by atoms with E-state index in [-0.39, 0.29) is 26.7 Å². The summed E-state index contributed by atoms with van der Waals surface area (Å²) in [6, 6.07) is 0.112. The number of methoxy groups -OCH3 is 1. The molecule has 1 aromatic rings. The molecule has 1 atom stereocenters. The summed E-state index contributed by atoms with van der Waals surface area (Å²) in [7, 11) is 1.79. The van der Waals surface area contributed by atoms with Gasteiger partial charge in [-0.1, -0.05) is 0 Å². The van der Waals surface area contributed by atoms with Crippen LogP contribution >= 0.6 is 11.6 Å². The fourth-order valence-corrected chi connectivity index (χ4v) is 3.00. The highest BCUT2D eigenvalue weighted by Gasteiger charge is 2.36. The van der Waals surface area contributed by atoms with Gasteiger partial charge in [-0.05, 0) is 0 Å². The summed E-state index contributed by atoms with van der Waals surface area (Å²) in [6.45, 7) is -2.47. The van der Waals surface area contributed by atoms with Crippen molar-refractivity contribution < 1.29 is 49.7 Å². The minimum atomic E-state index is -5.03. The average Bonchev–Trinajstić information content (AvgIpc) is 2.73. The quantitative estimate of drug-likeness (QED) is 0.175. The van der Waals surface area contributed by atoms with Gasteiger partial charge in [0, 0.05) is 25.6 Å². The number of allylic oxidation sites excluding steroid dienone is 4. The summed E-state index contributed by atoms with van der Waals surface area (Å²) < 4.78 is 104. The zero-order valence-corrected chi connectivity index (χ0v) is 18.6. The van der Waals surface area contributed by atoms with E-state index < -0.39 is 71.8 Å². The Hall–Kier alpha value is -3.23. The third kappa shape index (κ3) is 7.13. The lowest BCUT2D eigenvalue weighted by Crippen LogP contribution is -2.41. The van der Waals surface area contributed by atoms with Crippen LogP contribution < -0.4 is 11.2 Å². The number of aromatic nitrogens is 2. The summed E-state index contributed by atoms with van der Waals surface area (Å²) >= 11 is 5.99. The summed E-state index contributed by atoms with van der Waals surface area (Å²) in [5.41, 5.74) is -5.25. The smallest absolute Gasteiger partial charge is 0.431 e. The third-order valence-corrected chi connectivity index (χ3v) is 4.75. The monoisotopic (exact) mass is 536 g/mol. The number of nitrogens with zero attached hydrogens (tertiary/aromatic N) is 2. The van der Waals surface area contributed by atoms with E-state index in [9.17, 15) is 45.1 Å². The van der Waals surface area contributed by atoms with Crippen LogP contribution in [0.15, 0.2) is 45.2 Å². The van der Waals surface area contributed by atoms with Crippen molar-refractivity contribution >= 4 is 23.3 Å². The molecule has 194 valence electrons. The second kappa shape index (κ2) is 10.6. The fourth-order valence-electron chi connectivity index (χ4n) is 2.74. The zero-order valence-electron chi connectivity index (χ0n) is 17.8. The first-order chi connectivity index (χ1) is 16.0. The highest BCUT2D eigenvalue weighted by atomic mass is 35.5. The summed E-state index contributed by atoms with van der Waals surface area (Å²) in [4.78, 5) is 36.1. The highest BCUT2D eigenvalue weighted by Crippen LogP contribution is 2.32. The van der Waals surface area contributed by atoms with Crippen LogP contribution in [0.2, 0.25) is 0 Å². The molecule has 35 heavy (non-hydrogen) atoms. The molecule has 1 aliphatic carbocycles. The lowest BCUT2D eigenvalue weighted by Gasteiger charge is -2.22. The van der Waals surface area contributed by atoms with Gasteiger partial charge in [-0.2, -0.15) is 26.3 Å². The second-order valence-corrected chi connectivity index (χ2v) is 7.40. The van der Waals surface area contributed by atoms with E-state index in [0.29, 0.717) is 6.08 Å². The molecule has 16 heteroatoms. The van der Waals surface area contributed by atoms with Gasteiger partial charge in [0.2, 0.25) is 0 Å². The van der Waals surface area contributed by atoms with Gasteiger partial charge < -0.3 is 14.2 Å².